The lowest BCUT2D eigenvalue weighted by molar-refractivity contribution is 0.0697. The van der Waals surface area contributed by atoms with Gasteiger partial charge in [0.1, 0.15) is 5.56 Å². The van der Waals surface area contributed by atoms with Gasteiger partial charge in [0.05, 0.1) is 17.3 Å². The summed E-state index contributed by atoms with van der Waals surface area (Å²) in [5.74, 6) is -0.948. The predicted molar refractivity (Wildman–Crippen MR) is 79.8 cm³/mol. The molecule has 1 N–H and O–H groups in total. The van der Waals surface area contributed by atoms with Crippen molar-refractivity contribution in [2.24, 2.45) is 7.05 Å². The second kappa shape index (κ2) is 5.00. The second-order valence-electron chi connectivity index (χ2n) is 5.68. The molecule has 2 aromatic heterocycles. The first-order chi connectivity index (χ1) is 9.99. The number of aromatic carboxylic acids is 1. The SMILES string of the molecule is CN(C)C1CCN(c2c(C(=O)O)cnc3c2cnn3C)C1. The first-order valence-electron chi connectivity index (χ1n) is 6.94. The summed E-state index contributed by atoms with van der Waals surface area (Å²) in [7, 11) is 5.92. The number of anilines is 1. The molecule has 7 heteroatoms. The lowest BCUT2D eigenvalue weighted by Gasteiger charge is -2.23. The van der Waals surface area contributed by atoms with E-state index in [1.807, 2.05) is 7.05 Å². The number of aryl methyl sites for hydroxylation is 1. The van der Waals surface area contributed by atoms with Gasteiger partial charge < -0.3 is 14.9 Å². The molecule has 7 nitrogen and oxygen atoms in total. The third-order valence-electron chi connectivity index (χ3n) is 4.17. The second-order valence-corrected chi connectivity index (χ2v) is 5.68. The maximum absolute atomic E-state index is 11.5. The van der Waals surface area contributed by atoms with Crippen molar-refractivity contribution in [2.45, 2.75) is 12.5 Å². The molecule has 1 aliphatic rings. The third-order valence-corrected chi connectivity index (χ3v) is 4.17. The fourth-order valence-corrected chi connectivity index (χ4v) is 2.95. The Bertz CT molecular complexity index is 694. The van der Waals surface area contributed by atoms with Crippen molar-refractivity contribution in [3.63, 3.8) is 0 Å². The van der Waals surface area contributed by atoms with Crippen LogP contribution in [0.25, 0.3) is 11.0 Å². The van der Waals surface area contributed by atoms with Crippen LogP contribution < -0.4 is 4.90 Å². The zero-order valence-corrected chi connectivity index (χ0v) is 12.4. The summed E-state index contributed by atoms with van der Waals surface area (Å²) in [6.07, 6.45) is 4.16. The number of nitrogens with zero attached hydrogens (tertiary/aromatic N) is 5. The highest BCUT2D eigenvalue weighted by Crippen LogP contribution is 2.32. The number of pyridine rings is 1. The van der Waals surface area contributed by atoms with Crippen LogP contribution in [0.3, 0.4) is 0 Å². The van der Waals surface area contributed by atoms with E-state index in [-0.39, 0.29) is 5.56 Å². The highest BCUT2D eigenvalue weighted by Gasteiger charge is 2.29. The molecule has 0 radical (unpaired) electrons. The number of hydrogen-bond donors (Lipinski definition) is 1. The predicted octanol–water partition coefficient (Wildman–Crippen LogP) is 0.807. The summed E-state index contributed by atoms with van der Waals surface area (Å²) in [6.45, 7) is 1.67. The smallest absolute Gasteiger partial charge is 0.339 e. The normalized spacial score (nSPS) is 18.9. The number of carboxylic acids is 1. The van der Waals surface area contributed by atoms with Crippen molar-refractivity contribution in [2.75, 3.05) is 32.1 Å². The molecule has 0 saturated carbocycles. The van der Waals surface area contributed by atoms with Gasteiger partial charge in [-0.05, 0) is 20.5 Å². The highest BCUT2D eigenvalue weighted by molar-refractivity contribution is 6.03. The van der Waals surface area contributed by atoms with E-state index < -0.39 is 5.97 Å². The number of likely N-dealkylation sites (N-methyl/N-ethyl adjacent to an activating group) is 1. The van der Waals surface area contributed by atoms with Crippen molar-refractivity contribution < 1.29 is 9.90 Å². The van der Waals surface area contributed by atoms with Crippen molar-refractivity contribution >= 4 is 22.7 Å². The van der Waals surface area contributed by atoms with E-state index in [0.717, 1.165) is 30.6 Å². The van der Waals surface area contributed by atoms with Gasteiger partial charge in [0.25, 0.3) is 0 Å². The Morgan fingerprint density at radius 2 is 2.19 bits per heavy atom. The van der Waals surface area contributed by atoms with Gasteiger partial charge in [0.2, 0.25) is 0 Å². The molecule has 1 atom stereocenters. The summed E-state index contributed by atoms with van der Waals surface area (Å²) >= 11 is 0. The van der Waals surface area contributed by atoms with E-state index >= 15 is 0 Å². The molecule has 1 saturated heterocycles. The van der Waals surface area contributed by atoms with Gasteiger partial charge in [0.15, 0.2) is 5.65 Å². The van der Waals surface area contributed by atoms with Crippen LogP contribution >= 0.6 is 0 Å². The quantitative estimate of drug-likeness (QED) is 0.901. The molecule has 0 amide bonds. The topological polar surface area (TPSA) is 74.5 Å². The van der Waals surface area contributed by atoms with Gasteiger partial charge in [-0.1, -0.05) is 0 Å². The number of rotatable bonds is 3. The standard InChI is InChI=1S/C14H19N5O2/c1-17(2)9-4-5-19(8-9)12-10-7-16-18(3)13(10)15-6-11(12)14(20)21/h6-7,9H,4-5,8H2,1-3H3,(H,20,21). The summed E-state index contributed by atoms with van der Waals surface area (Å²) in [4.78, 5) is 20.1. The molecule has 3 heterocycles. The van der Waals surface area contributed by atoms with Gasteiger partial charge >= 0.3 is 5.97 Å². The molecule has 1 unspecified atom stereocenters. The summed E-state index contributed by atoms with van der Waals surface area (Å²) in [5, 5.41) is 14.5. The van der Waals surface area contributed by atoms with Gasteiger partial charge in [-0.2, -0.15) is 5.10 Å². The van der Waals surface area contributed by atoms with Gasteiger partial charge in [0, 0.05) is 32.4 Å². The highest BCUT2D eigenvalue weighted by atomic mass is 16.4. The van der Waals surface area contributed by atoms with Crippen LogP contribution in [-0.2, 0) is 7.05 Å². The third kappa shape index (κ3) is 2.23. The van der Waals surface area contributed by atoms with Crippen LogP contribution in [0.2, 0.25) is 0 Å². The Morgan fingerprint density at radius 1 is 1.43 bits per heavy atom. The lowest BCUT2D eigenvalue weighted by atomic mass is 10.1. The van der Waals surface area contributed by atoms with E-state index in [0.29, 0.717) is 11.7 Å². The van der Waals surface area contributed by atoms with Crippen LogP contribution in [-0.4, -0.2) is 64.0 Å². The molecule has 2 aromatic rings. The van der Waals surface area contributed by atoms with E-state index in [1.54, 1.807) is 10.9 Å². The number of carbonyl (C=O) groups is 1. The van der Waals surface area contributed by atoms with E-state index in [2.05, 4.69) is 34.0 Å². The van der Waals surface area contributed by atoms with Crippen molar-refractivity contribution in [1.82, 2.24) is 19.7 Å². The molecule has 0 aliphatic carbocycles. The number of hydrogen-bond acceptors (Lipinski definition) is 5. The van der Waals surface area contributed by atoms with Crippen LogP contribution in [0.1, 0.15) is 16.8 Å². The molecule has 1 fully saturated rings. The first kappa shape index (κ1) is 13.8. The van der Waals surface area contributed by atoms with E-state index in [4.69, 9.17) is 0 Å². The Kier molecular flexibility index (Phi) is 3.29. The number of fused-ring (bicyclic) bond motifs is 1. The molecular formula is C14H19N5O2. The van der Waals surface area contributed by atoms with Crippen molar-refractivity contribution in [3.8, 4) is 0 Å². The monoisotopic (exact) mass is 289 g/mol. The molecule has 0 spiro atoms. The maximum atomic E-state index is 11.5. The van der Waals surface area contributed by atoms with Crippen LogP contribution in [0, 0.1) is 0 Å². The van der Waals surface area contributed by atoms with Crippen LogP contribution in [0.15, 0.2) is 12.4 Å². The largest absolute Gasteiger partial charge is 0.478 e. The molecule has 3 rings (SSSR count). The van der Waals surface area contributed by atoms with Gasteiger partial charge in [-0.3, -0.25) is 4.68 Å². The fourth-order valence-electron chi connectivity index (χ4n) is 2.95. The van der Waals surface area contributed by atoms with E-state index in [9.17, 15) is 9.90 Å². The van der Waals surface area contributed by atoms with E-state index in [1.165, 1.54) is 6.20 Å². The fraction of sp³-hybridized carbons (Fsp3) is 0.500. The maximum Gasteiger partial charge on any atom is 0.339 e. The van der Waals surface area contributed by atoms with Crippen molar-refractivity contribution in [1.29, 1.82) is 0 Å². The molecule has 112 valence electrons. The first-order valence-corrected chi connectivity index (χ1v) is 6.94. The molecule has 1 aliphatic heterocycles. The Hall–Kier alpha value is -2.15. The van der Waals surface area contributed by atoms with Crippen molar-refractivity contribution in [3.05, 3.63) is 18.0 Å². The van der Waals surface area contributed by atoms with Crippen LogP contribution in [0.5, 0.6) is 0 Å². The van der Waals surface area contributed by atoms with Gasteiger partial charge in [-0.15, -0.1) is 0 Å². The minimum atomic E-state index is -0.948. The van der Waals surface area contributed by atoms with Crippen LogP contribution in [0.4, 0.5) is 5.69 Å². The average Bonchev–Trinajstić information content (AvgIpc) is 3.05. The Labute approximate surface area is 122 Å². The minimum Gasteiger partial charge on any atom is -0.478 e. The number of carboxylic acid groups (broad SMARTS) is 1. The number of aromatic nitrogens is 3. The summed E-state index contributed by atoms with van der Waals surface area (Å²) < 4.78 is 1.67. The summed E-state index contributed by atoms with van der Waals surface area (Å²) in [5.41, 5.74) is 1.70. The molecular weight excluding hydrogens is 270 g/mol. The zero-order valence-electron chi connectivity index (χ0n) is 12.4. The molecule has 21 heavy (non-hydrogen) atoms. The molecule has 0 bridgehead atoms. The Morgan fingerprint density at radius 3 is 2.81 bits per heavy atom. The summed E-state index contributed by atoms with van der Waals surface area (Å²) in [6, 6.07) is 0.437. The molecule has 0 aromatic carbocycles. The Balaban J connectivity index is 2.11. The minimum absolute atomic E-state index is 0.245. The zero-order chi connectivity index (χ0) is 15.1. The van der Waals surface area contributed by atoms with Gasteiger partial charge in [-0.25, -0.2) is 9.78 Å². The average molecular weight is 289 g/mol. The lowest BCUT2D eigenvalue weighted by Crippen LogP contribution is -2.32.